The third-order valence-corrected chi connectivity index (χ3v) is 6.99. The lowest BCUT2D eigenvalue weighted by Gasteiger charge is -2.55. The molecule has 1 amide bonds. The number of nitrogens with zero attached hydrogens (tertiary/aromatic N) is 2. The van der Waals surface area contributed by atoms with Gasteiger partial charge in [0.15, 0.2) is 0 Å². The van der Waals surface area contributed by atoms with E-state index in [0.717, 1.165) is 11.6 Å². The molecule has 2 aromatic rings. The first kappa shape index (κ1) is 18.3. The maximum Gasteiger partial charge on any atom is 0.222 e. The molecule has 2 aliphatic rings. The first-order valence-corrected chi connectivity index (χ1v) is 10.4. The monoisotopic (exact) mass is 365 g/mol. The second-order valence-corrected chi connectivity index (χ2v) is 8.41. The van der Waals surface area contributed by atoms with Crippen LogP contribution in [0, 0.1) is 32.6 Å². The van der Waals surface area contributed by atoms with Crippen molar-refractivity contribution in [1.29, 1.82) is 0 Å². The van der Waals surface area contributed by atoms with E-state index in [1.165, 1.54) is 42.5 Å². The van der Waals surface area contributed by atoms with Gasteiger partial charge in [-0.1, -0.05) is 43.2 Å². The van der Waals surface area contributed by atoms with Gasteiger partial charge in [-0.3, -0.25) is 9.48 Å². The van der Waals surface area contributed by atoms with E-state index >= 15 is 0 Å². The van der Waals surface area contributed by atoms with Crippen LogP contribution in [0.5, 0.6) is 0 Å². The van der Waals surface area contributed by atoms with E-state index in [2.05, 4.69) is 54.6 Å². The normalized spacial score (nSPS) is 26.9. The minimum Gasteiger partial charge on any atom is -0.352 e. The average Bonchev–Trinajstić information content (AvgIpc) is 2.92. The van der Waals surface area contributed by atoms with Crippen molar-refractivity contribution in [3.05, 3.63) is 52.8 Å². The predicted molar refractivity (Wildman–Crippen MR) is 108 cm³/mol. The van der Waals surface area contributed by atoms with Crippen LogP contribution in [0.2, 0.25) is 0 Å². The van der Waals surface area contributed by atoms with Crippen LogP contribution in [0.15, 0.2) is 30.3 Å². The highest BCUT2D eigenvalue weighted by atomic mass is 16.1. The van der Waals surface area contributed by atoms with Crippen molar-refractivity contribution in [2.75, 3.05) is 0 Å². The summed E-state index contributed by atoms with van der Waals surface area (Å²) in [4.78, 5) is 12.7. The van der Waals surface area contributed by atoms with Gasteiger partial charge in [0.25, 0.3) is 0 Å². The number of rotatable bonds is 5. The van der Waals surface area contributed by atoms with Crippen molar-refractivity contribution < 1.29 is 4.79 Å². The van der Waals surface area contributed by atoms with Crippen molar-refractivity contribution in [2.45, 2.75) is 71.4 Å². The van der Waals surface area contributed by atoms with Gasteiger partial charge in [0.2, 0.25) is 5.91 Å². The molecule has 0 spiro atoms. The van der Waals surface area contributed by atoms with Crippen molar-refractivity contribution in [3.63, 3.8) is 0 Å². The minimum atomic E-state index is 0.162. The van der Waals surface area contributed by atoms with Crippen molar-refractivity contribution >= 4 is 5.91 Å². The van der Waals surface area contributed by atoms with Crippen LogP contribution in [-0.2, 0) is 11.3 Å². The van der Waals surface area contributed by atoms with E-state index in [9.17, 15) is 4.79 Å². The Hall–Kier alpha value is -2.10. The highest BCUT2D eigenvalue weighted by Gasteiger charge is 2.51. The van der Waals surface area contributed by atoms with E-state index in [-0.39, 0.29) is 5.91 Å². The molecule has 2 aliphatic carbocycles. The Kier molecular flexibility index (Phi) is 5.07. The first-order chi connectivity index (χ1) is 13.1. The van der Waals surface area contributed by atoms with Crippen LogP contribution in [0.3, 0.4) is 0 Å². The summed E-state index contributed by atoms with van der Waals surface area (Å²) in [6.45, 7) is 6.86. The van der Waals surface area contributed by atoms with Gasteiger partial charge < -0.3 is 5.32 Å². The van der Waals surface area contributed by atoms with E-state index in [4.69, 9.17) is 0 Å². The smallest absolute Gasteiger partial charge is 0.222 e. The lowest BCUT2D eigenvalue weighted by Crippen LogP contribution is -2.59. The molecule has 0 radical (unpaired) electrons. The first-order valence-electron chi connectivity index (χ1n) is 10.4. The predicted octanol–water partition coefficient (Wildman–Crippen LogP) is 4.29. The lowest BCUT2D eigenvalue weighted by molar-refractivity contribution is -0.125. The molecule has 0 bridgehead atoms. The summed E-state index contributed by atoms with van der Waals surface area (Å²) in [5.41, 5.74) is 4.84. The second kappa shape index (κ2) is 7.49. The number of nitrogens with one attached hydrogen (secondary N) is 1. The van der Waals surface area contributed by atoms with Crippen LogP contribution in [0.4, 0.5) is 0 Å². The molecule has 0 saturated heterocycles. The van der Waals surface area contributed by atoms with E-state index in [1.807, 2.05) is 11.6 Å². The summed E-state index contributed by atoms with van der Waals surface area (Å²) in [6, 6.07) is 11.1. The topological polar surface area (TPSA) is 46.9 Å². The summed E-state index contributed by atoms with van der Waals surface area (Å²) < 4.78 is 1.98. The molecule has 2 saturated carbocycles. The number of carbonyl (C=O) groups excluding carboxylic acids is 1. The fourth-order valence-electron chi connectivity index (χ4n) is 5.26. The number of carbonyl (C=O) groups is 1. The lowest BCUT2D eigenvalue weighted by atomic mass is 9.53. The zero-order valence-electron chi connectivity index (χ0n) is 16.7. The molecular formula is C23H31N3O. The van der Waals surface area contributed by atoms with Gasteiger partial charge in [0.05, 0.1) is 5.69 Å². The molecule has 0 unspecified atom stereocenters. The van der Waals surface area contributed by atoms with Gasteiger partial charge in [-0.2, -0.15) is 5.10 Å². The maximum atomic E-state index is 12.7. The third kappa shape index (κ3) is 3.42. The molecule has 1 heterocycles. The molecule has 4 heteroatoms. The molecule has 4 atom stereocenters. The molecule has 27 heavy (non-hydrogen) atoms. The fourth-order valence-corrected chi connectivity index (χ4v) is 5.26. The summed E-state index contributed by atoms with van der Waals surface area (Å²) in [6.07, 6.45) is 5.70. The molecule has 1 aromatic heterocycles. The van der Waals surface area contributed by atoms with Crippen LogP contribution < -0.4 is 5.32 Å². The Balaban J connectivity index is 1.42. The molecule has 1 N–H and O–H groups in total. The highest BCUT2D eigenvalue weighted by Crippen LogP contribution is 2.54. The van der Waals surface area contributed by atoms with Crippen molar-refractivity contribution in [2.24, 2.45) is 11.8 Å². The standard InChI is InChI=1S/C23H31N3O/c1-15-16(2)25-26(17(15)3)14-13-21(27)24-23-20-12-8-7-11-19(20)22(23)18-9-5-4-6-10-18/h4-6,9-10,19-20,22-23H,7-8,11-14H2,1-3H3,(H,24,27)/t19-,20+,22+,23+/m1/s1. The number of amides is 1. The molecule has 4 rings (SSSR count). The summed E-state index contributed by atoms with van der Waals surface area (Å²) in [5, 5.41) is 7.96. The van der Waals surface area contributed by atoms with Crippen LogP contribution in [0.1, 0.15) is 60.5 Å². The molecule has 144 valence electrons. The van der Waals surface area contributed by atoms with Gasteiger partial charge >= 0.3 is 0 Å². The number of aryl methyl sites for hydroxylation is 2. The van der Waals surface area contributed by atoms with Crippen LogP contribution in [0.25, 0.3) is 0 Å². The Morgan fingerprint density at radius 3 is 2.48 bits per heavy atom. The summed E-state index contributed by atoms with van der Waals surface area (Å²) in [7, 11) is 0. The Morgan fingerprint density at radius 1 is 1.11 bits per heavy atom. The molecular weight excluding hydrogens is 334 g/mol. The molecule has 1 aromatic carbocycles. The summed E-state index contributed by atoms with van der Waals surface area (Å²) >= 11 is 0. The SMILES string of the molecule is Cc1nn(CCC(=O)N[C@H]2[C@H]3CCCC[C@H]3[C@@H]2c2ccccc2)c(C)c1C. The van der Waals surface area contributed by atoms with E-state index in [0.29, 0.717) is 30.8 Å². The summed E-state index contributed by atoms with van der Waals surface area (Å²) in [5.74, 6) is 2.04. The third-order valence-electron chi connectivity index (χ3n) is 6.99. The van der Waals surface area contributed by atoms with Gasteiger partial charge in [0, 0.05) is 30.6 Å². The van der Waals surface area contributed by atoms with Gasteiger partial charge in [-0.25, -0.2) is 0 Å². The largest absolute Gasteiger partial charge is 0.352 e. The van der Waals surface area contributed by atoms with Crippen molar-refractivity contribution in [3.8, 4) is 0 Å². The zero-order chi connectivity index (χ0) is 19.0. The van der Waals surface area contributed by atoms with E-state index in [1.54, 1.807) is 0 Å². The minimum absolute atomic E-state index is 0.162. The molecule has 0 aliphatic heterocycles. The number of aromatic nitrogens is 2. The zero-order valence-corrected chi connectivity index (χ0v) is 16.7. The van der Waals surface area contributed by atoms with E-state index < -0.39 is 0 Å². The molecule has 2 fully saturated rings. The number of benzene rings is 1. The fraction of sp³-hybridized carbons (Fsp3) is 0.565. The Morgan fingerprint density at radius 2 is 1.81 bits per heavy atom. The highest BCUT2D eigenvalue weighted by molar-refractivity contribution is 5.76. The van der Waals surface area contributed by atoms with Crippen LogP contribution >= 0.6 is 0 Å². The van der Waals surface area contributed by atoms with Gasteiger partial charge in [-0.15, -0.1) is 0 Å². The van der Waals surface area contributed by atoms with Crippen LogP contribution in [-0.4, -0.2) is 21.7 Å². The number of hydrogen-bond acceptors (Lipinski definition) is 2. The number of fused-ring (bicyclic) bond motifs is 1. The number of hydrogen-bond donors (Lipinski definition) is 1. The Bertz CT molecular complexity index is 811. The average molecular weight is 366 g/mol. The molecule has 4 nitrogen and oxygen atoms in total. The Labute approximate surface area is 162 Å². The van der Waals surface area contributed by atoms with Crippen molar-refractivity contribution in [1.82, 2.24) is 15.1 Å². The van der Waals surface area contributed by atoms with Gasteiger partial charge in [0.1, 0.15) is 0 Å². The quantitative estimate of drug-likeness (QED) is 0.859. The second-order valence-electron chi connectivity index (χ2n) is 8.41. The maximum absolute atomic E-state index is 12.7. The van der Waals surface area contributed by atoms with Gasteiger partial charge in [-0.05, 0) is 56.6 Å².